The molecule has 0 aliphatic heterocycles. The lowest BCUT2D eigenvalue weighted by atomic mass is 10.1. The maximum absolute atomic E-state index is 12.0. The predicted molar refractivity (Wildman–Crippen MR) is 88.5 cm³/mol. The van der Waals surface area contributed by atoms with E-state index < -0.39 is 41.9 Å². The first kappa shape index (κ1) is 22.1. The van der Waals surface area contributed by atoms with Gasteiger partial charge in [0.25, 0.3) is 0 Å². The Bertz CT molecular complexity index is 462. The molecule has 0 aliphatic carbocycles. The van der Waals surface area contributed by atoms with Crippen molar-refractivity contribution in [1.29, 1.82) is 0 Å². The number of carbonyl (C=O) groups excluding carboxylic acids is 2. The highest BCUT2D eigenvalue weighted by Gasteiger charge is 2.25. The number of carboxylic acid groups (broad SMARTS) is 2. The van der Waals surface area contributed by atoms with Crippen LogP contribution >= 0.6 is 12.6 Å². The van der Waals surface area contributed by atoms with Crippen molar-refractivity contribution in [3.63, 3.8) is 0 Å². The summed E-state index contributed by atoms with van der Waals surface area (Å²) >= 11 is 3.95. The van der Waals surface area contributed by atoms with Gasteiger partial charge < -0.3 is 32.3 Å². The molecule has 138 valence electrons. The van der Waals surface area contributed by atoms with Gasteiger partial charge >= 0.3 is 11.9 Å². The summed E-state index contributed by atoms with van der Waals surface area (Å²) in [5, 5.41) is 22.4. The minimum absolute atomic E-state index is 0.0498. The molecular weight excluding hydrogens is 340 g/mol. The molecule has 0 radical (unpaired) electrons. The number of hydrogen-bond acceptors (Lipinski definition) is 7. The molecule has 0 aliphatic rings. The Balaban J connectivity index is 4.54. The second-order valence-corrected chi connectivity index (χ2v) is 5.48. The van der Waals surface area contributed by atoms with E-state index in [-0.39, 0.29) is 31.6 Å². The Hall–Kier alpha value is -1.85. The topological polar surface area (TPSA) is 185 Å². The van der Waals surface area contributed by atoms with E-state index in [0.29, 0.717) is 6.42 Å². The molecule has 2 amide bonds. The Labute approximate surface area is 144 Å². The van der Waals surface area contributed by atoms with Crippen LogP contribution in [-0.4, -0.2) is 64.4 Å². The molecule has 11 heteroatoms. The molecule has 0 rings (SSSR count). The average Bonchev–Trinajstić information content (AvgIpc) is 2.53. The van der Waals surface area contributed by atoms with Crippen molar-refractivity contribution in [2.75, 3.05) is 12.3 Å². The Kier molecular flexibility index (Phi) is 10.8. The number of thiol groups is 1. The van der Waals surface area contributed by atoms with Gasteiger partial charge in [-0.3, -0.25) is 14.4 Å². The van der Waals surface area contributed by atoms with Crippen LogP contribution in [0.2, 0.25) is 0 Å². The van der Waals surface area contributed by atoms with E-state index in [0.717, 1.165) is 0 Å². The summed E-state index contributed by atoms with van der Waals surface area (Å²) in [6, 6.07) is -3.32. The van der Waals surface area contributed by atoms with Gasteiger partial charge in [-0.05, 0) is 25.8 Å². The van der Waals surface area contributed by atoms with Crippen molar-refractivity contribution in [3.8, 4) is 0 Å². The molecule has 10 nitrogen and oxygen atoms in total. The fourth-order valence-corrected chi connectivity index (χ4v) is 1.98. The Morgan fingerprint density at radius 3 is 2.08 bits per heavy atom. The summed E-state index contributed by atoms with van der Waals surface area (Å²) in [6.45, 7) is 0.288. The Morgan fingerprint density at radius 1 is 1.00 bits per heavy atom. The van der Waals surface area contributed by atoms with Crippen LogP contribution in [0.3, 0.4) is 0 Å². The van der Waals surface area contributed by atoms with Gasteiger partial charge in [0.1, 0.15) is 18.1 Å². The van der Waals surface area contributed by atoms with Crippen molar-refractivity contribution in [2.45, 2.75) is 43.8 Å². The third-order valence-corrected chi connectivity index (χ3v) is 3.51. The number of nitrogens with two attached hydrogens (primary N) is 2. The van der Waals surface area contributed by atoms with Crippen LogP contribution in [0.5, 0.6) is 0 Å². The smallest absolute Gasteiger partial charge is 0.326 e. The zero-order chi connectivity index (χ0) is 18.7. The highest BCUT2D eigenvalue weighted by molar-refractivity contribution is 7.80. The van der Waals surface area contributed by atoms with Gasteiger partial charge in [0.2, 0.25) is 11.8 Å². The molecule has 8 N–H and O–H groups in total. The fourth-order valence-electron chi connectivity index (χ4n) is 1.72. The molecule has 0 saturated heterocycles. The van der Waals surface area contributed by atoms with E-state index in [2.05, 4.69) is 23.3 Å². The average molecular weight is 364 g/mol. The molecule has 0 bridgehead atoms. The minimum Gasteiger partial charge on any atom is -0.480 e. The van der Waals surface area contributed by atoms with Crippen LogP contribution in [0, 0.1) is 0 Å². The molecule has 0 aromatic rings. The van der Waals surface area contributed by atoms with Gasteiger partial charge in [-0.1, -0.05) is 0 Å². The number of rotatable bonds is 12. The van der Waals surface area contributed by atoms with E-state index in [1.165, 1.54) is 0 Å². The number of hydrogen-bond donors (Lipinski definition) is 7. The first-order valence-corrected chi connectivity index (χ1v) is 7.98. The van der Waals surface area contributed by atoms with Crippen molar-refractivity contribution in [2.24, 2.45) is 11.5 Å². The summed E-state index contributed by atoms with van der Waals surface area (Å²) in [4.78, 5) is 45.4. The lowest BCUT2D eigenvalue weighted by Gasteiger charge is -2.20. The van der Waals surface area contributed by atoms with Crippen molar-refractivity contribution in [3.05, 3.63) is 0 Å². The van der Waals surface area contributed by atoms with Gasteiger partial charge in [0, 0.05) is 12.2 Å². The SMILES string of the molecule is NCCCC(NC(=O)C(CS)NC(=O)CCC(N)C(=O)O)C(=O)O. The highest BCUT2D eigenvalue weighted by Crippen LogP contribution is 2.00. The van der Waals surface area contributed by atoms with Gasteiger partial charge in [-0.25, -0.2) is 4.79 Å². The molecule has 0 aromatic carbocycles. The zero-order valence-corrected chi connectivity index (χ0v) is 14.0. The van der Waals surface area contributed by atoms with E-state index >= 15 is 0 Å². The number of carboxylic acids is 2. The second-order valence-electron chi connectivity index (χ2n) is 5.12. The quantitative estimate of drug-likeness (QED) is 0.192. The molecule has 0 heterocycles. The molecule has 3 atom stereocenters. The van der Waals surface area contributed by atoms with Gasteiger partial charge in [0.15, 0.2) is 0 Å². The summed E-state index contributed by atoms with van der Waals surface area (Å²) in [5.41, 5.74) is 10.6. The third kappa shape index (κ3) is 8.70. The molecular formula is C13H24N4O6S. The lowest BCUT2D eigenvalue weighted by molar-refractivity contribution is -0.142. The third-order valence-electron chi connectivity index (χ3n) is 3.15. The maximum Gasteiger partial charge on any atom is 0.326 e. The van der Waals surface area contributed by atoms with E-state index in [9.17, 15) is 19.2 Å². The fraction of sp³-hybridized carbons (Fsp3) is 0.692. The van der Waals surface area contributed by atoms with E-state index in [1.54, 1.807) is 0 Å². The normalized spacial score (nSPS) is 14.3. The number of carbonyl (C=O) groups is 4. The molecule has 0 aromatic heterocycles. The molecule has 24 heavy (non-hydrogen) atoms. The number of aliphatic carboxylic acids is 2. The first-order valence-electron chi connectivity index (χ1n) is 7.34. The summed E-state index contributed by atoms with van der Waals surface area (Å²) in [5.74, 6) is -3.74. The maximum atomic E-state index is 12.0. The number of nitrogens with one attached hydrogen (secondary N) is 2. The minimum atomic E-state index is -1.23. The molecule has 0 fully saturated rings. The predicted octanol–water partition coefficient (Wildman–Crippen LogP) is -2.10. The monoisotopic (exact) mass is 364 g/mol. The Morgan fingerprint density at radius 2 is 1.62 bits per heavy atom. The summed E-state index contributed by atoms with van der Waals surface area (Å²) in [6.07, 6.45) is 0.317. The van der Waals surface area contributed by atoms with E-state index in [1.807, 2.05) is 0 Å². The standard InChI is InChI=1S/C13H24N4O6S/c14-5-1-2-8(13(22)23)17-11(19)9(6-24)16-10(18)4-3-7(15)12(20)21/h7-9,24H,1-6,14-15H2,(H,16,18)(H,17,19)(H,20,21)(H,22,23). The second kappa shape index (κ2) is 11.6. The highest BCUT2D eigenvalue weighted by atomic mass is 32.1. The van der Waals surface area contributed by atoms with Crippen molar-refractivity contribution in [1.82, 2.24) is 10.6 Å². The van der Waals surface area contributed by atoms with Crippen LogP contribution in [0.1, 0.15) is 25.7 Å². The van der Waals surface area contributed by atoms with Gasteiger partial charge in [-0.15, -0.1) is 0 Å². The first-order chi connectivity index (χ1) is 11.2. The van der Waals surface area contributed by atoms with Crippen LogP contribution in [-0.2, 0) is 19.2 Å². The van der Waals surface area contributed by atoms with Crippen LogP contribution in [0.15, 0.2) is 0 Å². The van der Waals surface area contributed by atoms with Crippen LogP contribution in [0.4, 0.5) is 0 Å². The van der Waals surface area contributed by atoms with Crippen LogP contribution in [0.25, 0.3) is 0 Å². The lowest BCUT2D eigenvalue weighted by Crippen LogP contribution is -2.52. The summed E-state index contributed by atoms with van der Waals surface area (Å²) in [7, 11) is 0. The molecule has 0 spiro atoms. The van der Waals surface area contributed by atoms with Gasteiger partial charge in [-0.2, -0.15) is 12.6 Å². The van der Waals surface area contributed by atoms with Crippen LogP contribution < -0.4 is 22.1 Å². The van der Waals surface area contributed by atoms with E-state index in [4.69, 9.17) is 21.7 Å². The van der Waals surface area contributed by atoms with Gasteiger partial charge in [0.05, 0.1) is 0 Å². The van der Waals surface area contributed by atoms with Crippen molar-refractivity contribution >= 4 is 36.4 Å². The largest absolute Gasteiger partial charge is 0.480 e. The zero-order valence-electron chi connectivity index (χ0n) is 13.1. The van der Waals surface area contributed by atoms with Crippen molar-refractivity contribution < 1.29 is 29.4 Å². The number of amides is 2. The molecule has 0 saturated carbocycles. The molecule has 3 unspecified atom stereocenters. The summed E-state index contributed by atoms with van der Waals surface area (Å²) < 4.78 is 0.